The Balaban J connectivity index is 1.72. The molecule has 1 aliphatic rings. The lowest BCUT2D eigenvalue weighted by Crippen LogP contribution is -2.36. The Kier molecular flexibility index (Phi) is 5.61. The molecule has 1 aliphatic heterocycles. The standard InChI is InChI=1S/C20H18N2O4S/c1-13-6-5-8-15(10-13)21-18(23)12-22-19(24)17(27-20(22)25)11-14-7-3-4-9-16(14)26-2/h3-11H,12H2,1-2H3,(H,21,23)/b17-11+. The minimum atomic E-state index is -0.490. The largest absolute Gasteiger partial charge is 0.496 e. The van der Waals surface area contributed by atoms with Gasteiger partial charge in [-0.05, 0) is 48.5 Å². The molecule has 1 N–H and O–H groups in total. The molecule has 7 heteroatoms. The van der Waals surface area contributed by atoms with Crippen LogP contribution < -0.4 is 10.1 Å². The molecule has 0 aromatic heterocycles. The van der Waals surface area contributed by atoms with E-state index in [4.69, 9.17) is 4.74 Å². The molecule has 6 nitrogen and oxygen atoms in total. The number of imide groups is 1. The van der Waals surface area contributed by atoms with Gasteiger partial charge in [-0.1, -0.05) is 30.3 Å². The fourth-order valence-electron chi connectivity index (χ4n) is 2.63. The number of methoxy groups -OCH3 is 1. The first kappa shape index (κ1) is 18.7. The molecule has 0 atom stereocenters. The Morgan fingerprint density at radius 2 is 1.96 bits per heavy atom. The Hall–Kier alpha value is -3.06. The molecule has 0 spiro atoms. The monoisotopic (exact) mass is 382 g/mol. The first-order chi connectivity index (χ1) is 13.0. The van der Waals surface area contributed by atoms with Crippen LogP contribution in [0.5, 0.6) is 5.75 Å². The van der Waals surface area contributed by atoms with Crippen LogP contribution in [0.25, 0.3) is 6.08 Å². The van der Waals surface area contributed by atoms with Crippen molar-refractivity contribution in [2.75, 3.05) is 19.0 Å². The predicted molar refractivity (Wildman–Crippen MR) is 105 cm³/mol. The highest BCUT2D eigenvalue weighted by atomic mass is 32.2. The molecule has 1 fully saturated rings. The molecule has 1 saturated heterocycles. The normalized spacial score (nSPS) is 15.3. The molecule has 2 aromatic rings. The van der Waals surface area contributed by atoms with Crippen LogP contribution >= 0.6 is 11.8 Å². The number of aryl methyl sites for hydroxylation is 1. The van der Waals surface area contributed by atoms with E-state index in [1.54, 1.807) is 24.3 Å². The Bertz CT molecular complexity index is 939. The minimum absolute atomic E-state index is 0.257. The van der Waals surface area contributed by atoms with Gasteiger partial charge in [-0.3, -0.25) is 19.3 Å². The Morgan fingerprint density at radius 1 is 1.19 bits per heavy atom. The fourth-order valence-corrected chi connectivity index (χ4v) is 3.46. The Morgan fingerprint density at radius 3 is 2.70 bits per heavy atom. The first-order valence-corrected chi connectivity index (χ1v) is 9.04. The number of hydrogen-bond donors (Lipinski definition) is 1. The minimum Gasteiger partial charge on any atom is -0.496 e. The van der Waals surface area contributed by atoms with Crippen molar-refractivity contribution in [1.82, 2.24) is 4.90 Å². The summed E-state index contributed by atoms with van der Waals surface area (Å²) in [6.07, 6.45) is 1.60. The fraction of sp³-hybridized carbons (Fsp3) is 0.150. The second kappa shape index (κ2) is 8.09. The number of rotatable bonds is 5. The highest BCUT2D eigenvalue weighted by Gasteiger charge is 2.36. The van der Waals surface area contributed by atoms with Gasteiger partial charge in [-0.2, -0.15) is 0 Å². The van der Waals surface area contributed by atoms with Gasteiger partial charge in [0.05, 0.1) is 12.0 Å². The van der Waals surface area contributed by atoms with Crippen LogP contribution in [0.2, 0.25) is 0 Å². The molecular weight excluding hydrogens is 364 g/mol. The van der Waals surface area contributed by atoms with Crippen LogP contribution in [0.1, 0.15) is 11.1 Å². The molecule has 0 radical (unpaired) electrons. The highest BCUT2D eigenvalue weighted by Crippen LogP contribution is 2.33. The quantitative estimate of drug-likeness (QED) is 0.799. The van der Waals surface area contributed by atoms with E-state index in [-0.39, 0.29) is 11.4 Å². The van der Waals surface area contributed by atoms with Crippen LogP contribution in [-0.4, -0.2) is 35.6 Å². The van der Waals surface area contributed by atoms with Crippen molar-refractivity contribution in [3.8, 4) is 5.75 Å². The van der Waals surface area contributed by atoms with Gasteiger partial charge < -0.3 is 10.1 Å². The number of anilines is 1. The molecule has 138 valence electrons. The average Bonchev–Trinajstić information content (AvgIpc) is 2.89. The van der Waals surface area contributed by atoms with Gasteiger partial charge in [-0.25, -0.2) is 0 Å². The van der Waals surface area contributed by atoms with E-state index >= 15 is 0 Å². The summed E-state index contributed by atoms with van der Waals surface area (Å²) < 4.78 is 5.26. The van der Waals surface area contributed by atoms with E-state index in [0.29, 0.717) is 17.0 Å². The third-order valence-corrected chi connectivity index (χ3v) is 4.81. The van der Waals surface area contributed by atoms with E-state index < -0.39 is 17.1 Å². The number of amides is 3. The smallest absolute Gasteiger partial charge is 0.294 e. The van der Waals surface area contributed by atoms with Crippen LogP contribution in [0.4, 0.5) is 10.5 Å². The van der Waals surface area contributed by atoms with E-state index in [9.17, 15) is 14.4 Å². The van der Waals surface area contributed by atoms with Gasteiger partial charge >= 0.3 is 0 Å². The summed E-state index contributed by atoms with van der Waals surface area (Å²) in [6.45, 7) is 1.58. The van der Waals surface area contributed by atoms with Gasteiger partial charge in [0.15, 0.2) is 0 Å². The molecule has 2 aromatic carbocycles. The molecule has 0 aliphatic carbocycles. The summed E-state index contributed by atoms with van der Waals surface area (Å²) >= 11 is 0.810. The van der Waals surface area contributed by atoms with Crippen LogP contribution in [0.15, 0.2) is 53.4 Å². The van der Waals surface area contributed by atoms with Crippen molar-refractivity contribution >= 4 is 40.6 Å². The number of benzene rings is 2. The second-order valence-electron chi connectivity index (χ2n) is 5.93. The maximum atomic E-state index is 12.6. The van der Waals surface area contributed by atoms with Crippen molar-refractivity contribution in [2.45, 2.75) is 6.92 Å². The zero-order chi connectivity index (χ0) is 19.4. The summed E-state index contributed by atoms with van der Waals surface area (Å²) in [7, 11) is 1.54. The van der Waals surface area contributed by atoms with Crippen molar-refractivity contribution in [1.29, 1.82) is 0 Å². The molecular formula is C20H18N2O4S. The number of nitrogens with zero attached hydrogens (tertiary/aromatic N) is 1. The SMILES string of the molecule is COc1ccccc1/C=C1/SC(=O)N(CC(=O)Nc2cccc(C)c2)C1=O. The molecule has 3 rings (SSSR count). The van der Waals surface area contributed by atoms with Crippen molar-refractivity contribution in [3.05, 3.63) is 64.6 Å². The Labute approximate surface area is 161 Å². The summed E-state index contributed by atoms with van der Waals surface area (Å²) in [5.74, 6) is -0.321. The summed E-state index contributed by atoms with van der Waals surface area (Å²) in [5, 5.41) is 2.23. The number of hydrogen-bond acceptors (Lipinski definition) is 5. The van der Waals surface area contributed by atoms with Gasteiger partial charge in [0.1, 0.15) is 12.3 Å². The summed E-state index contributed by atoms with van der Waals surface area (Å²) in [6, 6.07) is 14.5. The topological polar surface area (TPSA) is 75.7 Å². The maximum Gasteiger partial charge on any atom is 0.294 e. The van der Waals surface area contributed by atoms with Crippen LogP contribution in [-0.2, 0) is 9.59 Å². The zero-order valence-corrected chi connectivity index (χ0v) is 15.7. The molecule has 1 heterocycles. The highest BCUT2D eigenvalue weighted by molar-refractivity contribution is 8.18. The lowest BCUT2D eigenvalue weighted by atomic mass is 10.2. The number of thioether (sulfide) groups is 1. The van der Waals surface area contributed by atoms with Gasteiger partial charge in [0.25, 0.3) is 11.1 Å². The molecule has 3 amide bonds. The van der Waals surface area contributed by atoms with Gasteiger partial charge in [0.2, 0.25) is 5.91 Å². The number of ether oxygens (including phenoxy) is 1. The second-order valence-corrected chi connectivity index (χ2v) is 6.92. The average molecular weight is 382 g/mol. The van der Waals surface area contributed by atoms with Crippen LogP contribution in [0, 0.1) is 6.92 Å². The third kappa shape index (κ3) is 4.38. The van der Waals surface area contributed by atoms with Gasteiger partial charge in [0, 0.05) is 11.3 Å². The molecule has 0 unspecified atom stereocenters. The van der Waals surface area contributed by atoms with E-state index in [2.05, 4.69) is 5.32 Å². The van der Waals surface area contributed by atoms with Crippen molar-refractivity contribution in [2.24, 2.45) is 0 Å². The molecule has 27 heavy (non-hydrogen) atoms. The zero-order valence-electron chi connectivity index (χ0n) is 14.9. The number of carbonyl (C=O) groups is 3. The number of carbonyl (C=O) groups excluding carboxylic acids is 3. The predicted octanol–water partition coefficient (Wildman–Crippen LogP) is 3.68. The van der Waals surface area contributed by atoms with Crippen molar-refractivity contribution < 1.29 is 19.1 Å². The first-order valence-electron chi connectivity index (χ1n) is 8.23. The maximum absolute atomic E-state index is 12.6. The molecule has 0 saturated carbocycles. The number of nitrogens with one attached hydrogen (secondary N) is 1. The summed E-state index contributed by atoms with van der Waals surface area (Å²) in [4.78, 5) is 38.2. The van der Waals surface area contributed by atoms with E-state index in [1.807, 2.05) is 37.3 Å². The van der Waals surface area contributed by atoms with Gasteiger partial charge in [-0.15, -0.1) is 0 Å². The lowest BCUT2D eigenvalue weighted by Gasteiger charge is -2.12. The van der Waals surface area contributed by atoms with Crippen molar-refractivity contribution in [3.63, 3.8) is 0 Å². The number of para-hydroxylation sites is 1. The van der Waals surface area contributed by atoms with Crippen LogP contribution in [0.3, 0.4) is 0 Å². The molecule has 0 bridgehead atoms. The van der Waals surface area contributed by atoms with E-state index in [1.165, 1.54) is 7.11 Å². The summed E-state index contributed by atoms with van der Waals surface area (Å²) in [5.41, 5.74) is 2.31. The third-order valence-electron chi connectivity index (χ3n) is 3.90. The van der Waals surface area contributed by atoms with E-state index in [0.717, 1.165) is 22.2 Å². The lowest BCUT2D eigenvalue weighted by molar-refractivity contribution is -0.127.